The van der Waals surface area contributed by atoms with Crippen LogP contribution in [0.1, 0.15) is 21.5 Å². The highest BCUT2D eigenvalue weighted by atomic mass is 32.2. The fourth-order valence-corrected chi connectivity index (χ4v) is 3.94. The predicted molar refractivity (Wildman–Crippen MR) is 131 cm³/mol. The van der Waals surface area contributed by atoms with Crippen molar-refractivity contribution in [1.82, 2.24) is 20.3 Å². The number of rotatable bonds is 8. The minimum absolute atomic E-state index is 0.159. The first kappa shape index (κ1) is 24.2. The molecule has 11 heteroatoms. The van der Waals surface area contributed by atoms with Crippen molar-refractivity contribution >= 4 is 42.5 Å². The molecule has 4 aromatic rings. The zero-order valence-corrected chi connectivity index (χ0v) is 19.5. The number of anilines is 1. The van der Waals surface area contributed by atoms with Crippen molar-refractivity contribution < 1.29 is 14.1 Å². The van der Waals surface area contributed by atoms with Gasteiger partial charge in [0.2, 0.25) is 0 Å². The standard InChI is InChI=1S/C21H22N6O3S.CH3B/c1-23-21(28)15-5-3-4-6-18(15)31-26-20-19-16(29-2)7-13(8-17(19)30-25-20)11-27-12-14(9-22)10-24-27;1-2/h3-8,10,12H,9,11,22H2,1-2H3,(H,23,28)(H,25,26);1H3. The van der Waals surface area contributed by atoms with E-state index in [0.29, 0.717) is 35.8 Å². The van der Waals surface area contributed by atoms with Crippen molar-refractivity contribution in [2.24, 2.45) is 5.73 Å². The molecule has 0 unspecified atom stereocenters. The number of carbonyl (C=O) groups is 1. The average Bonchev–Trinajstić information content (AvgIpc) is 3.50. The number of amides is 1. The Morgan fingerprint density at radius 3 is 2.76 bits per heavy atom. The maximum Gasteiger partial charge on any atom is 0.252 e. The summed E-state index contributed by atoms with van der Waals surface area (Å²) >= 11 is 1.28. The van der Waals surface area contributed by atoms with Gasteiger partial charge in [0.1, 0.15) is 11.1 Å². The van der Waals surface area contributed by atoms with Gasteiger partial charge in [0.05, 0.1) is 33.3 Å². The number of methoxy groups -OCH3 is 1. The third-order valence-corrected chi connectivity index (χ3v) is 5.57. The van der Waals surface area contributed by atoms with E-state index < -0.39 is 0 Å². The Morgan fingerprint density at radius 1 is 1.27 bits per heavy atom. The van der Waals surface area contributed by atoms with Crippen LogP contribution >= 0.6 is 11.9 Å². The van der Waals surface area contributed by atoms with Gasteiger partial charge in [-0.25, -0.2) is 0 Å². The van der Waals surface area contributed by atoms with Gasteiger partial charge in [-0.05, 0) is 41.8 Å². The van der Waals surface area contributed by atoms with E-state index in [0.717, 1.165) is 21.4 Å². The largest absolute Gasteiger partial charge is 0.496 e. The highest BCUT2D eigenvalue weighted by Gasteiger charge is 2.17. The number of carbonyl (C=O) groups excluding carboxylic acids is 1. The fourth-order valence-electron chi connectivity index (χ4n) is 3.18. The highest BCUT2D eigenvalue weighted by molar-refractivity contribution is 8.00. The molecule has 9 nitrogen and oxygen atoms in total. The topological polar surface area (TPSA) is 120 Å². The van der Waals surface area contributed by atoms with Crippen LogP contribution in [0.2, 0.25) is 6.82 Å². The molecule has 0 spiro atoms. The molecule has 2 radical (unpaired) electrons. The van der Waals surface area contributed by atoms with Crippen molar-refractivity contribution in [3.05, 3.63) is 65.5 Å². The first-order valence-corrected chi connectivity index (χ1v) is 10.9. The number of nitrogens with zero attached hydrogens (tertiary/aromatic N) is 3. The third kappa shape index (κ3) is 5.50. The van der Waals surface area contributed by atoms with Gasteiger partial charge in [-0.15, -0.1) is 0 Å². The molecule has 33 heavy (non-hydrogen) atoms. The number of hydrogen-bond acceptors (Lipinski definition) is 8. The van der Waals surface area contributed by atoms with Crippen LogP contribution in [-0.4, -0.2) is 42.8 Å². The molecule has 0 aliphatic heterocycles. The maximum atomic E-state index is 12.1. The monoisotopic (exact) mass is 464 g/mol. The molecule has 0 atom stereocenters. The van der Waals surface area contributed by atoms with Gasteiger partial charge < -0.3 is 25.0 Å². The first-order chi connectivity index (χ1) is 16.1. The molecule has 1 amide bonds. The Morgan fingerprint density at radius 2 is 2.06 bits per heavy atom. The van der Waals surface area contributed by atoms with Gasteiger partial charge in [0, 0.05) is 30.2 Å². The SMILES string of the molecule is CNC(=O)c1ccccc1SNc1noc2cc(Cn3cc(CN)cn3)cc(OC)c12.[B]C. The summed E-state index contributed by atoms with van der Waals surface area (Å²) in [5.41, 5.74) is 8.73. The average molecular weight is 464 g/mol. The van der Waals surface area contributed by atoms with Crippen LogP contribution in [0.3, 0.4) is 0 Å². The quantitative estimate of drug-likeness (QED) is 0.269. The van der Waals surface area contributed by atoms with E-state index in [1.54, 1.807) is 26.4 Å². The Bertz CT molecular complexity index is 1230. The lowest BCUT2D eigenvalue weighted by molar-refractivity contribution is 0.0960. The lowest BCUT2D eigenvalue weighted by Crippen LogP contribution is -2.18. The molecular weight excluding hydrogens is 439 g/mol. The summed E-state index contributed by atoms with van der Waals surface area (Å²) in [6, 6.07) is 11.2. The smallest absolute Gasteiger partial charge is 0.252 e. The van der Waals surface area contributed by atoms with Crippen LogP contribution in [0.4, 0.5) is 5.82 Å². The van der Waals surface area contributed by atoms with E-state index in [4.69, 9.17) is 15.0 Å². The van der Waals surface area contributed by atoms with E-state index in [-0.39, 0.29) is 5.91 Å². The molecule has 2 heterocycles. The summed E-state index contributed by atoms with van der Waals surface area (Å²) in [5, 5.41) is 11.8. The summed E-state index contributed by atoms with van der Waals surface area (Å²) in [5.74, 6) is 0.982. The highest BCUT2D eigenvalue weighted by Crippen LogP contribution is 2.36. The number of nitrogens with two attached hydrogens (primary N) is 1. The maximum absolute atomic E-state index is 12.1. The number of nitrogens with one attached hydrogen (secondary N) is 2. The zero-order chi connectivity index (χ0) is 23.8. The second-order valence-corrected chi connectivity index (χ2v) is 7.58. The normalized spacial score (nSPS) is 10.4. The zero-order valence-electron chi connectivity index (χ0n) is 18.7. The van der Waals surface area contributed by atoms with Crippen LogP contribution in [-0.2, 0) is 13.1 Å². The van der Waals surface area contributed by atoms with E-state index in [1.807, 2.05) is 41.2 Å². The summed E-state index contributed by atoms with van der Waals surface area (Å²) < 4.78 is 16.1. The van der Waals surface area contributed by atoms with Crippen LogP contribution in [0.25, 0.3) is 11.0 Å². The van der Waals surface area contributed by atoms with Gasteiger partial charge in [-0.2, -0.15) is 5.10 Å². The fraction of sp³-hybridized carbons (Fsp3) is 0.227. The summed E-state index contributed by atoms with van der Waals surface area (Å²) in [6.45, 7) is 2.49. The molecule has 0 saturated carbocycles. The summed E-state index contributed by atoms with van der Waals surface area (Å²) in [6.07, 6.45) is 3.66. The van der Waals surface area contributed by atoms with Crippen LogP contribution in [0, 0.1) is 0 Å². The van der Waals surface area contributed by atoms with Crippen molar-refractivity contribution in [2.75, 3.05) is 18.9 Å². The lowest BCUT2D eigenvalue weighted by Gasteiger charge is -2.09. The van der Waals surface area contributed by atoms with Crippen molar-refractivity contribution in [3.63, 3.8) is 0 Å². The van der Waals surface area contributed by atoms with Gasteiger partial charge in [0.15, 0.2) is 11.4 Å². The summed E-state index contributed by atoms with van der Waals surface area (Å²) in [7, 11) is 7.70. The number of benzene rings is 2. The molecule has 2 aromatic heterocycles. The van der Waals surface area contributed by atoms with Crippen LogP contribution in [0.15, 0.2) is 58.2 Å². The first-order valence-electron chi connectivity index (χ1n) is 10.1. The van der Waals surface area contributed by atoms with Gasteiger partial charge >= 0.3 is 0 Å². The second-order valence-electron chi connectivity index (χ2n) is 6.73. The summed E-state index contributed by atoms with van der Waals surface area (Å²) in [4.78, 5) is 12.9. The number of hydrogen-bond donors (Lipinski definition) is 3. The van der Waals surface area contributed by atoms with Crippen molar-refractivity contribution in [3.8, 4) is 5.75 Å². The molecule has 4 rings (SSSR count). The lowest BCUT2D eigenvalue weighted by atomic mass is 10.1. The Kier molecular flexibility index (Phi) is 8.39. The molecule has 0 bridgehead atoms. The molecule has 4 N–H and O–H groups in total. The number of ether oxygens (including phenoxy) is 1. The molecule has 2 aromatic carbocycles. The van der Waals surface area contributed by atoms with E-state index in [9.17, 15) is 4.79 Å². The van der Waals surface area contributed by atoms with Crippen molar-refractivity contribution in [2.45, 2.75) is 24.8 Å². The molecule has 0 saturated heterocycles. The second kappa shape index (κ2) is 11.4. The minimum Gasteiger partial charge on any atom is -0.496 e. The molecule has 0 aliphatic carbocycles. The van der Waals surface area contributed by atoms with Gasteiger partial charge in [-0.1, -0.05) is 24.1 Å². The Labute approximate surface area is 197 Å². The number of fused-ring (bicyclic) bond motifs is 1. The van der Waals surface area contributed by atoms with Gasteiger partial charge in [-0.3, -0.25) is 9.48 Å². The van der Waals surface area contributed by atoms with E-state index in [2.05, 4.69) is 28.1 Å². The van der Waals surface area contributed by atoms with E-state index in [1.165, 1.54) is 18.8 Å². The predicted octanol–water partition coefficient (Wildman–Crippen LogP) is 3.22. The van der Waals surface area contributed by atoms with Crippen LogP contribution in [0.5, 0.6) is 5.75 Å². The Balaban J connectivity index is 0.00000149. The van der Waals surface area contributed by atoms with Crippen molar-refractivity contribution in [1.29, 1.82) is 0 Å². The molecule has 0 fully saturated rings. The van der Waals surface area contributed by atoms with Gasteiger partial charge in [0.25, 0.3) is 5.91 Å². The third-order valence-electron chi connectivity index (χ3n) is 4.70. The molecule has 170 valence electrons. The number of aromatic nitrogens is 3. The molecule has 0 aliphatic rings. The van der Waals surface area contributed by atoms with E-state index >= 15 is 0 Å². The molecular formula is C22H25BN6O3S. The minimum atomic E-state index is -0.159. The van der Waals surface area contributed by atoms with Crippen LogP contribution < -0.4 is 20.5 Å². The Hall–Kier alpha value is -3.44.